The molecule has 0 saturated heterocycles. The van der Waals surface area contributed by atoms with E-state index in [0.29, 0.717) is 6.42 Å². The Balaban J connectivity index is 3.70. The summed E-state index contributed by atoms with van der Waals surface area (Å²) < 4.78 is 0. The van der Waals surface area contributed by atoms with Crippen LogP contribution in [0, 0.1) is 0 Å². The molecule has 2 unspecified atom stereocenters. The van der Waals surface area contributed by atoms with E-state index in [1.165, 1.54) is 44.9 Å². The maximum absolute atomic E-state index is 12.4. The van der Waals surface area contributed by atoms with Crippen LogP contribution in [0.5, 0.6) is 0 Å². The highest BCUT2D eigenvalue weighted by Crippen LogP contribution is 2.10. The van der Waals surface area contributed by atoms with Crippen LogP contribution < -0.4 is 5.32 Å². The molecule has 0 aromatic rings. The highest BCUT2D eigenvalue weighted by Gasteiger charge is 2.17. The first kappa shape index (κ1) is 55.3. The molecule has 59 heavy (non-hydrogen) atoms. The van der Waals surface area contributed by atoms with Crippen molar-refractivity contribution < 1.29 is 15.0 Å². The van der Waals surface area contributed by atoms with E-state index in [1.54, 1.807) is 6.08 Å². The van der Waals surface area contributed by atoms with Gasteiger partial charge in [-0.25, -0.2) is 0 Å². The van der Waals surface area contributed by atoms with Gasteiger partial charge in [-0.2, -0.15) is 0 Å². The van der Waals surface area contributed by atoms with Crippen LogP contribution in [0.3, 0.4) is 0 Å². The van der Waals surface area contributed by atoms with Crippen molar-refractivity contribution in [2.24, 2.45) is 0 Å². The van der Waals surface area contributed by atoms with Crippen molar-refractivity contribution in [3.05, 3.63) is 146 Å². The molecule has 0 bridgehead atoms. The van der Waals surface area contributed by atoms with Crippen LogP contribution in [0.4, 0.5) is 0 Å². The van der Waals surface area contributed by atoms with Gasteiger partial charge in [-0.05, 0) is 109 Å². The largest absolute Gasteiger partial charge is 0.394 e. The van der Waals surface area contributed by atoms with Crippen LogP contribution in [-0.2, 0) is 4.79 Å². The number of hydrogen-bond donors (Lipinski definition) is 3. The lowest BCUT2D eigenvalue weighted by molar-refractivity contribution is -0.123. The minimum absolute atomic E-state index is 0.0988. The van der Waals surface area contributed by atoms with Gasteiger partial charge < -0.3 is 15.5 Å². The van der Waals surface area contributed by atoms with Gasteiger partial charge in [0, 0.05) is 6.42 Å². The monoisotopic (exact) mass is 810 g/mol. The van der Waals surface area contributed by atoms with E-state index in [-0.39, 0.29) is 12.5 Å². The molecule has 4 heteroatoms. The second kappa shape index (κ2) is 48.6. The number of unbranched alkanes of at least 4 members (excludes halogenated alkanes) is 11. The summed E-state index contributed by atoms with van der Waals surface area (Å²) in [4.78, 5) is 12.4. The summed E-state index contributed by atoms with van der Waals surface area (Å²) in [6, 6.07) is -0.656. The normalized spacial score (nSPS) is 14.3. The van der Waals surface area contributed by atoms with Gasteiger partial charge in [-0.1, -0.05) is 205 Å². The average molecular weight is 810 g/mol. The van der Waals surface area contributed by atoms with E-state index in [2.05, 4.69) is 153 Å². The fourth-order valence-electron chi connectivity index (χ4n) is 5.98. The molecule has 0 saturated carbocycles. The molecule has 0 radical (unpaired) electrons. The summed E-state index contributed by atoms with van der Waals surface area (Å²) in [5, 5.41) is 22.9. The molecule has 2 atom stereocenters. The maximum Gasteiger partial charge on any atom is 0.220 e. The average Bonchev–Trinajstić information content (AvgIpc) is 3.24. The first-order valence-corrected chi connectivity index (χ1v) is 23.5. The number of rotatable bonds is 40. The quantitative estimate of drug-likeness (QED) is 0.0426. The lowest BCUT2D eigenvalue weighted by Gasteiger charge is -2.19. The van der Waals surface area contributed by atoms with E-state index >= 15 is 0 Å². The fourth-order valence-corrected chi connectivity index (χ4v) is 5.98. The molecule has 0 aromatic heterocycles. The molecule has 330 valence electrons. The Morgan fingerprint density at radius 1 is 0.424 bits per heavy atom. The Bertz CT molecular complexity index is 1280. The van der Waals surface area contributed by atoms with E-state index in [4.69, 9.17) is 0 Å². The summed E-state index contributed by atoms with van der Waals surface area (Å²) in [6.07, 6.45) is 78.3. The van der Waals surface area contributed by atoms with Gasteiger partial charge in [-0.15, -0.1) is 0 Å². The first-order chi connectivity index (χ1) is 29.2. The number of hydrogen-bond acceptors (Lipinski definition) is 3. The van der Waals surface area contributed by atoms with Crippen LogP contribution in [0.2, 0.25) is 0 Å². The first-order valence-electron chi connectivity index (χ1n) is 23.5. The van der Waals surface area contributed by atoms with Crippen molar-refractivity contribution in [2.75, 3.05) is 6.61 Å². The minimum Gasteiger partial charge on any atom is -0.394 e. The van der Waals surface area contributed by atoms with Crippen molar-refractivity contribution >= 4 is 5.91 Å². The van der Waals surface area contributed by atoms with Crippen molar-refractivity contribution in [3.63, 3.8) is 0 Å². The molecular weight excluding hydrogens is 723 g/mol. The molecule has 0 aromatic carbocycles. The summed E-state index contributed by atoms with van der Waals surface area (Å²) >= 11 is 0. The summed E-state index contributed by atoms with van der Waals surface area (Å²) in [6.45, 7) is 4.11. The third-order valence-corrected chi connectivity index (χ3v) is 9.56. The van der Waals surface area contributed by atoms with Gasteiger partial charge in [0.05, 0.1) is 18.8 Å². The standard InChI is InChI=1S/C55H87NO3/c1-3-5-7-9-11-13-15-16-17-18-19-20-21-22-23-24-25-26-27-28-29-30-31-32-33-34-35-36-37-38-39-40-41-43-45-47-49-51-55(59)56-53(52-57)54(58)50-48-46-44-42-14-12-10-8-6-4-2/h5,7,11,13-14,16-17,19-20,22-23,25-26,28-29,31-32,34-35,37-38,42,48,50,53-54,57-58H,3-4,6,8-10,12,15,18,21,24,27,30,33,36,39-41,43-47,49,51-52H2,1-2H3,(H,56,59)/b7-5-,13-11-,17-16-,20-19-,23-22-,26-25-,29-28-,32-31-,35-34-,38-37-,42-14+,50-48+. The SMILES string of the molecule is CC/C=C\C/C=C\C/C=C\C/C=C\C/C=C\C/C=C\C/C=C\C/C=C\C/C=C\C/C=C\CCCCCCCCC(=O)NC(CO)C(O)/C=C/CC/C=C/CCCCCC. The van der Waals surface area contributed by atoms with Crippen molar-refractivity contribution in [2.45, 2.75) is 187 Å². The smallest absolute Gasteiger partial charge is 0.220 e. The topological polar surface area (TPSA) is 69.6 Å². The number of aliphatic hydroxyl groups excluding tert-OH is 2. The molecule has 0 rings (SSSR count). The minimum atomic E-state index is -0.876. The fraction of sp³-hybridized carbons (Fsp3) is 0.545. The third-order valence-electron chi connectivity index (χ3n) is 9.56. The van der Waals surface area contributed by atoms with Gasteiger partial charge in [0.25, 0.3) is 0 Å². The van der Waals surface area contributed by atoms with Gasteiger partial charge in [0.2, 0.25) is 5.91 Å². The molecule has 1 amide bonds. The van der Waals surface area contributed by atoms with Crippen LogP contribution in [0.25, 0.3) is 0 Å². The second-order valence-electron chi connectivity index (χ2n) is 15.1. The summed E-state index contributed by atoms with van der Waals surface area (Å²) in [7, 11) is 0. The number of nitrogens with one attached hydrogen (secondary N) is 1. The van der Waals surface area contributed by atoms with E-state index in [9.17, 15) is 15.0 Å². The van der Waals surface area contributed by atoms with Gasteiger partial charge in [0.1, 0.15) is 0 Å². The maximum atomic E-state index is 12.4. The van der Waals surface area contributed by atoms with Crippen LogP contribution >= 0.6 is 0 Å². The van der Waals surface area contributed by atoms with Gasteiger partial charge in [0.15, 0.2) is 0 Å². The molecule has 0 spiro atoms. The molecule has 0 aliphatic rings. The lowest BCUT2D eigenvalue weighted by Crippen LogP contribution is -2.45. The van der Waals surface area contributed by atoms with Crippen molar-refractivity contribution in [1.82, 2.24) is 5.32 Å². The number of carbonyl (C=O) groups excluding carboxylic acids is 1. The van der Waals surface area contributed by atoms with Gasteiger partial charge >= 0.3 is 0 Å². The zero-order valence-corrected chi connectivity index (χ0v) is 37.7. The van der Waals surface area contributed by atoms with E-state index in [0.717, 1.165) is 109 Å². The Kier molecular flexibility index (Phi) is 45.6. The Morgan fingerprint density at radius 2 is 0.763 bits per heavy atom. The zero-order chi connectivity index (χ0) is 42.8. The molecule has 3 N–H and O–H groups in total. The highest BCUT2D eigenvalue weighted by atomic mass is 16.3. The predicted octanol–water partition coefficient (Wildman–Crippen LogP) is 15.3. The summed E-state index contributed by atoms with van der Waals surface area (Å²) in [5.74, 6) is -0.0988. The zero-order valence-electron chi connectivity index (χ0n) is 37.7. The number of aliphatic hydroxyl groups is 2. The van der Waals surface area contributed by atoms with Crippen LogP contribution in [0.15, 0.2) is 146 Å². The molecule has 0 heterocycles. The highest BCUT2D eigenvalue weighted by molar-refractivity contribution is 5.76. The third kappa shape index (κ3) is 45.2. The Hall–Kier alpha value is -3.73. The Morgan fingerprint density at radius 3 is 1.19 bits per heavy atom. The van der Waals surface area contributed by atoms with Crippen LogP contribution in [-0.4, -0.2) is 34.9 Å². The van der Waals surface area contributed by atoms with E-state index in [1.807, 2.05) is 6.08 Å². The second-order valence-corrected chi connectivity index (χ2v) is 15.1. The van der Waals surface area contributed by atoms with Crippen molar-refractivity contribution in [3.8, 4) is 0 Å². The molecule has 0 aliphatic carbocycles. The number of allylic oxidation sites excluding steroid dienone is 23. The Labute approximate surface area is 363 Å². The summed E-state index contributed by atoms with van der Waals surface area (Å²) in [5.41, 5.74) is 0. The van der Waals surface area contributed by atoms with Gasteiger partial charge in [-0.3, -0.25) is 4.79 Å². The molecule has 0 fully saturated rings. The van der Waals surface area contributed by atoms with Crippen molar-refractivity contribution in [1.29, 1.82) is 0 Å². The molecule has 4 nitrogen and oxygen atoms in total. The van der Waals surface area contributed by atoms with Crippen LogP contribution in [0.1, 0.15) is 174 Å². The molecule has 0 aliphatic heterocycles. The lowest BCUT2D eigenvalue weighted by atomic mass is 10.1. The predicted molar refractivity (Wildman–Crippen MR) is 261 cm³/mol. The van der Waals surface area contributed by atoms with E-state index < -0.39 is 12.1 Å². The number of carbonyl (C=O) groups is 1. The molecular formula is C55H87NO3. The number of amides is 1.